The summed E-state index contributed by atoms with van der Waals surface area (Å²) in [5.41, 5.74) is 1.77. The summed E-state index contributed by atoms with van der Waals surface area (Å²) in [4.78, 5) is 54.6. The molecule has 0 spiro atoms. The first-order valence-corrected chi connectivity index (χ1v) is 14.9. The fraction of sp³-hybridized carbons (Fsp3) is 0.600. The van der Waals surface area contributed by atoms with Crippen LogP contribution in [0.2, 0.25) is 0 Å². The number of nitrogens with one attached hydrogen (secondary N) is 2. The van der Waals surface area contributed by atoms with Gasteiger partial charge in [0.15, 0.2) is 0 Å². The van der Waals surface area contributed by atoms with Gasteiger partial charge in [-0.25, -0.2) is 4.79 Å². The van der Waals surface area contributed by atoms with E-state index in [-0.39, 0.29) is 41.9 Å². The van der Waals surface area contributed by atoms with Crippen molar-refractivity contribution in [2.75, 3.05) is 7.05 Å². The first kappa shape index (κ1) is 33.6. The second-order valence-electron chi connectivity index (χ2n) is 11.5. The fourth-order valence-corrected chi connectivity index (χ4v) is 5.55. The molecule has 0 aliphatic carbocycles. The van der Waals surface area contributed by atoms with E-state index in [1.807, 2.05) is 64.1 Å². The van der Waals surface area contributed by atoms with E-state index < -0.39 is 35.9 Å². The number of aromatic hydroxyl groups is 1. The van der Waals surface area contributed by atoms with Gasteiger partial charge in [0.1, 0.15) is 23.9 Å². The molecule has 10 heteroatoms. The van der Waals surface area contributed by atoms with Crippen molar-refractivity contribution < 1.29 is 29.0 Å². The maximum Gasteiger partial charge on any atom is 0.329 e. The van der Waals surface area contributed by atoms with Gasteiger partial charge in [-0.05, 0) is 85.7 Å². The van der Waals surface area contributed by atoms with Crippen molar-refractivity contribution in [3.05, 3.63) is 39.0 Å². The average Bonchev–Trinajstić information content (AvgIpc) is 2.85. The minimum Gasteiger partial charge on any atom is -0.507 e. The van der Waals surface area contributed by atoms with E-state index in [9.17, 15) is 24.3 Å². The van der Waals surface area contributed by atoms with Crippen molar-refractivity contribution in [1.82, 2.24) is 15.5 Å². The largest absolute Gasteiger partial charge is 0.507 e. The number of likely N-dealkylation sites (N-methyl/N-ethyl adjacent to an activating group) is 1. The molecule has 3 amide bonds. The molecular weight excluding hydrogens is 625 g/mol. The number of esters is 1. The Bertz CT molecular complexity index is 1120. The molecule has 1 aromatic rings. The third-order valence-electron chi connectivity index (χ3n) is 7.17. The molecule has 1 aliphatic heterocycles. The maximum absolute atomic E-state index is 13.7. The van der Waals surface area contributed by atoms with Crippen LogP contribution >= 0.6 is 22.6 Å². The summed E-state index contributed by atoms with van der Waals surface area (Å²) in [7, 11) is 1.52. The minimum atomic E-state index is -0.986. The lowest BCUT2D eigenvalue weighted by Gasteiger charge is -2.32. The molecule has 0 fully saturated rings. The first-order chi connectivity index (χ1) is 18.6. The summed E-state index contributed by atoms with van der Waals surface area (Å²) in [5, 5.41) is 15.6. The summed E-state index contributed by atoms with van der Waals surface area (Å²) >= 11 is 2.00. The second-order valence-corrected chi connectivity index (χ2v) is 12.7. The molecule has 222 valence electrons. The van der Waals surface area contributed by atoms with Crippen molar-refractivity contribution in [2.45, 2.75) is 92.0 Å². The Kier molecular flexibility index (Phi) is 12.5. The van der Waals surface area contributed by atoms with E-state index in [1.54, 1.807) is 19.1 Å². The lowest BCUT2D eigenvalue weighted by atomic mass is 9.95. The number of phenolic OH excluding ortho intramolecular Hbond substituents is 1. The van der Waals surface area contributed by atoms with Crippen molar-refractivity contribution in [2.24, 2.45) is 17.8 Å². The predicted molar refractivity (Wildman–Crippen MR) is 162 cm³/mol. The monoisotopic (exact) mass is 669 g/mol. The van der Waals surface area contributed by atoms with Crippen LogP contribution in [0, 0.1) is 21.3 Å². The van der Waals surface area contributed by atoms with Crippen LogP contribution in [0.5, 0.6) is 5.75 Å². The van der Waals surface area contributed by atoms with Crippen LogP contribution in [0.1, 0.15) is 66.9 Å². The molecule has 1 aliphatic rings. The minimum absolute atomic E-state index is 0.107. The number of halogens is 1. The van der Waals surface area contributed by atoms with Gasteiger partial charge in [0.2, 0.25) is 17.7 Å². The quantitative estimate of drug-likeness (QED) is 0.255. The number of nitrogens with zero attached hydrogens (tertiary/aromatic N) is 1. The van der Waals surface area contributed by atoms with Crippen LogP contribution in [0.15, 0.2) is 29.8 Å². The lowest BCUT2D eigenvalue weighted by Crippen LogP contribution is -2.57. The Morgan fingerprint density at radius 3 is 2.33 bits per heavy atom. The van der Waals surface area contributed by atoms with Crippen LogP contribution in [-0.4, -0.2) is 65.0 Å². The Morgan fingerprint density at radius 1 is 1.07 bits per heavy atom. The SMILES string of the molecule is C/C1=C\C(C)CC(C)OC(=O)C(C(C)C)NC(=O)C(Cc2ccc(O)c(I)c2)N(C)C(=O)C(C)NC(=O)C(C)C1. The van der Waals surface area contributed by atoms with E-state index in [2.05, 4.69) is 16.7 Å². The number of allylic oxidation sites excluding steroid dienone is 2. The Morgan fingerprint density at radius 2 is 1.73 bits per heavy atom. The number of ether oxygens (including phenoxy) is 1. The van der Waals surface area contributed by atoms with Gasteiger partial charge in [-0.1, -0.05) is 45.4 Å². The zero-order chi connectivity index (χ0) is 30.3. The third-order valence-corrected chi connectivity index (χ3v) is 8.04. The van der Waals surface area contributed by atoms with Crippen LogP contribution in [-0.2, 0) is 30.3 Å². The highest BCUT2D eigenvalue weighted by atomic mass is 127. The first-order valence-electron chi connectivity index (χ1n) is 13.8. The van der Waals surface area contributed by atoms with Crippen molar-refractivity contribution >= 4 is 46.3 Å². The molecule has 0 bridgehead atoms. The van der Waals surface area contributed by atoms with Gasteiger partial charge in [0.05, 0.1) is 9.67 Å². The molecule has 2 rings (SSSR count). The molecule has 0 saturated carbocycles. The topological polar surface area (TPSA) is 125 Å². The summed E-state index contributed by atoms with van der Waals surface area (Å²) < 4.78 is 6.36. The Hall–Kier alpha value is -2.63. The highest BCUT2D eigenvalue weighted by Gasteiger charge is 2.35. The molecule has 40 heavy (non-hydrogen) atoms. The standard InChI is InChI=1S/C30H44IN3O6/c1-16(2)26-30(39)40-20(6)13-18(4)11-17(3)12-19(5)27(36)32-21(7)29(38)34(8)24(28(37)33-26)15-22-9-10-25(35)23(31)14-22/h9-11,14,16,18-21,24,26,35H,12-13,15H2,1-8H3,(H,32,36)(H,33,37)/b17-11+. The molecule has 3 N–H and O–H groups in total. The predicted octanol–water partition coefficient (Wildman–Crippen LogP) is 3.96. The molecule has 0 radical (unpaired) electrons. The zero-order valence-corrected chi connectivity index (χ0v) is 26.9. The molecule has 6 unspecified atom stereocenters. The number of amides is 3. The number of cyclic esters (lactones) is 1. The van der Waals surface area contributed by atoms with Gasteiger partial charge in [-0.15, -0.1) is 0 Å². The molecule has 0 saturated heterocycles. The van der Waals surface area contributed by atoms with Gasteiger partial charge in [-0.3, -0.25) is 14.4 Å². The number of carbonyl (C=O) groups excluding carboxylic acids is 4. The molecule has 0 aromatic heterocycles. The van der Waals surface area contributed by atoms with Crippen LogP contribution in [0.25, 0.3) is 0 Å². The van der Waals surface area contributed by atoms with E-state index in [1.165, 1.54) is 18.0 Å². The van der Waals surface area contributed by atoms with Gasteiger partial charge in [0.25, 0.3) is 0 Å². The van der Waals surface area contributed by atoms with Crippen molar-refractivity contribution in [3.8, 4) is 5.75 Å². The number of carbonyl (C=O) groups is 4. The van der Waals surface area contributed by atoms with Crippen LogP contribution in [0.4, 0.5) is 0 Å². The normalized spacial score (nSPS) is 29.6. The maximum atomic E-state index is 13.7. The highest BCUT2D eigenvalue weighted by Crippen LogP contribution is 2.23. The number of hydrogen-bond acceptors (Lipinski definition) is 6. The molecule has 6 atom stereocenters. The van der Waals surface area contributed by atoms with E-state index in [0.29, 0.717) is 16.4 Å². The zero-order valence-electron chi connectivity index (χ0n) is 24.8. The number of rotatable bonds is 3. The van der Waals surface area contributed by atoms with Gasteiger partial charge < -0.3 is 25.4 Å². The second kappa shape index (κ2) is 14.8. The number of phenols is 1. The van der Waals surface area contributed by atoms with Crippen LogP contribution < -0.4 is 10.6 Å². The molecule has 1 heterocycles. The fourth-order valence-electron chi connectivity index (χ4n) is 4.97. The van der Waals surface area contributed by atoms with Gasteiger partial charge in [0, 0.05) is 19.4 Å². The molecule has 9 nitrogen and oxygen atoms in total. The van der Waals surface area contributed by atoms with E-state index in [4.69, 9.17) is 4.74 Å². The van der Waals surface area contributed by atoms with Crippen molar-refractivity contribution in [1.29, 1.82) is 0 Å². The number of benzene rings is 1. The summed E-state index contributed by atoms with van der Waals surface area (Å²) in [6, 6.07) is 2.20. The van der Waals surface area contributed by atoms with E-state index >= 15 is 0 Å². The molecular formula is C30H44IN3O6. The van der Waals surface area contributed by atoms with E-state index in [0.717, 1.165) is 11.1 Å². The summed E-state index contributed by atoms with van der Waals surface area (Å²) in [6.45, 7) is 12.9. The average molecular weight is 670 g/mol. The smallest absolute Gasteiger partial charge is 0.329 e. The van der Waals surface area contributed by atoms with Gasteiger partial charge >= 0.3 is 5.97 Å². The van der Waals surface area contributed by atoms with Crippen LogP contribution in [0.3, 0.4) is 0 Å². The Balaban J connectivity index is 2.48. The van der Waals surface area contributed by atoms with Crippen molar-refractivity contribution in [3.63, 3.8) is 0 Å². The number of hydrogen-bond donors (Lipinski definition) is 3. The molecule has 1 aromatic carbocycles. The third kappa shape index (κ3) is 9.49. The Labute approximate surface area is 251 Å². The summed E-state index contributed by atoms with van der Waals surface area (Å²) in [5.74, 6) is -2.11. The highest BCUT2D eigenvalue weighted by molar-refractivity contribution is 14.1. The summed E-state index contributed by atoms with van der Waals surface area (Å²) in [6.07, 6.45) is 2.96. The lowest BCUT2D eigenvalue weighted by molar-refractivity contribution is -0.155. The van der Waals surface area contributed by atoms with Gasteiger partial charge in [-0.2, -0.15) is 0 Å².